The van der Waals surface area contributed by atoms with Gasteiger partial charge in [0.15, 0.2) is 5.82 Å². The molecule has 1 aromatic carbocycles. The summed E-state index contributed by atoms with van der Waals surface area (Å²) in [5.41, 5.74) is 0.976. The van der Waals surface area contributed by atoms with Crippen LogP contribution in [0.1, 0.15) is 31.5 Å². The van der Waals surface area contributed by atoms with E-state index in [9.17, 15) is 0 Å². The summed E-state index contributed by atoms with van der Waals surface area (Å²) in [5.74, 6) is 1.38. The Hall–Kier alpha value is -1.72. The highest BCUT2D eigenvalue weighted by Crippen LogP contribution is 2.29. The van der Waals surface area contributed by atoms with Crippen LogP contribution < -0.4 is 5.32 Å². The summed E-state index contributed by atoms with van der Waals surface area (Å²) in [5, 5.41) is 7.83. The molecule has 2 aromatic rings. The van der Waals surface area contributed by atoms with E-state index in [1.165, 1.54) is 25.7 Å². The zero-order valence-electron chi connectivity index (χ0n) is 12.9. The first-order chi connectivity index (χ1) is 10.8. The molecule has 2 aliphatic rings. The van der Waals surface area contributed by atoms with Gasteiger partial charge >= 0.3 is 0 Å². The smallest absolute Gasteiger partial charge is 0.257 e. The van der Waals surface area contributed by atoms with E-state index < -0.39 is 0 Å². The molecule has 22 heavy (non-hydrogen) atoms. The van der Waals surface area contributed by atoms with Crippen molar-refractivity contribution >= 4 is 0 Å². The molecule has 2 bridgehead atoms. The molecule has 2 atom stereocenters. The molecular formula is C17H22N4O. The summed E-state index contributed by atoms with van der Waals surface area (Å²) in [7, 11) is 2.17. The van der Waals surface area contributed by atoms with Gasteiger partial charge in [0.2, 0.25) is 0 Å². The third-order valence-electron chi connectivity index (χ3n) is 4.95. The van der Waals surface area contributed by atoms with E-state index in [0.717, 1.165) is 17.9 Å². The SMILES string of the molecule is CN(Cc1noc(-c2ccccc2)n1)C1CC2CCC(C1)N2. The van der Waals surface area contributed by atoms with Crippen molar-refractivity contribution in [3.8, 4) is 11.5 Å². The monoisotopic (exact) mass is 298 g/mol. The first-order valence-corrected chi connectivity index (χ1v) is 8.12. The first-order valence-electron chi connectivity index (χ1n) is 8.12. The van der Waals surface area contributed by atoms with Gasteiger partial charge in [-0.1, -0.05) is 23.4 Å². The minimum absolute atomic E-state index is 0.606. The molecule has 2 unspecified atom stereocenters. The van der Waals surface area contributed by atoms with E-state index in [-0.39, 0.29) is 0 Å². The van der Waals surface area contributed by atoms with Crippen molar-refractivity contribution in [2.45, 2.75) is 50.4 Å². The minimum Gasteiger partial charge on any atom is -0.334 e. The van der Waals surface area contributed by atoms with Crippen LogP contribution >= 0.6 is 0 Å². The van der Waals surface area contributed by atoms with Crippen molar-refractivity contribution < 1.29 is 4.52 Å². The second-order valence-electron chi connectivity index (χ2n) is 6.56. The molecule has 0 amide bonds. The summed E-state index contributed by atoms with van der Waals surface area (Å²) in [6.45, 7) is 0.750. The summed E-state index contributed by atoms with van der Waals surface area (Å²) < 4.78 is 5.39. The number of nitrogens with one attached hydrogen (secondary N) is 1. The van der Waals surface area contributed by atoms with Gasteiger partial charge in [-0.25, -0.2) is 0 Å². The summed E-state index contributed by atoms with van der Waals surface area (Å²) >= 11 is 0. The van der Waals surface area contributed by atoms with E-state index >= 15 is 0 Å². The van der Waals surface area contributed by atoms with Crippen LogP contribution in [0.25, 0.3) is 11.5 Å². The maximum Gasteiger partial charge on any atom is 0.257 e. The third kappa shape index (κ3) is 2.78. The molecule has 4 rings (SSSR count). The van der Waals surface area contributed by atoms with E-state index in [0.29, 0.717) is 24.0 Å². The molecule has 2 aliphatic heterocycles. The van der Waals surface area contributed by atoms with Gasteiger partial charge < -0.3 is 9.84 Å². The van der Waals surface area contributed by atoms with E-state index in [4.69, 9.17) is 4.52 Å². The van der Waals surface area contributed by atoms with Gasteiger partial charge in [0, 0.05) is 23.7 Å². The zero-order chi connectivity index (χ0) is 14.9. The Bertz CT molecular complexity index is 615. The lowest BCUT2D eigenvalue weighted by atomic mass is 9.98. The minimum atomic E-state index is 0.606. The standard InChI is InChI=1S/C17H22N4O/c1-21(15-9-13-7-8-14(10-15)18-13)11-16-19-17(22-20-16)12-5-3-2-4-6-12/h2-6,13-15,18H,7-11H2,1H3. The third-order valence-corrected chi connectivity index (χ3v) is 4.95. The van der Waals surface area contributed by atoms with Crippen molar-refractivity contribution in [3.05, 3.63) is 36.2 Å². The van der Waals surface area contributed by atoms with Crippen LogP contribution in [0, 0.1) is 0 Å². The maximum absolute atomic E-state index is 5.39. The maximum atomic E-state index is 5.39. The van der Waals surface area contributed by atoms with Gasteiger partial charge in [-0.05, 0) is 44.9 Å². The summed E-state index contributed by atoms with van der Waals surface area (Å²) in [6, 6.07) is 12.0. The zero-order valence-corrected chi connectivity index (χ0v) is 12.9. The van der Waals surface area contributed by atoms with E-state index in [1.54, 1.807) is 0 Å². The number of nitrogens with zero attached hydrogens (tertiary/aromatic N) is 3. The number of hydrogen-bond donors (Lipinski definition) is 1. The quantitative estimate of drug-likeness (QED) is 0.939. The molecule has 1 aromatic heterocycles. The topological polar surface area (TPSA) is 54.2 Å². The Morgan fingerprint density at radius 1 is 1.18 bits per heavy atom. The number of benzene rings is 1. The molecule has 2 fully saturated rings. The van der Waals surface area contributed by atoms with Crippen molar-refractivity contribution in [2.24, 2.45) is 0 Å². The highest BCUT2D eigenvalue weighted by atomic mass is 16.5. The number of rotatable bonds is 4. The largest absolute Gasteiger partial charge is 0.334 e. The molecule has 0 spiro atoms. The van der Waals surface area contributed by atoms with Crippen LogP contribution in [0.5, 0.6) is 0 Å². The van der Waals surface area contributed by atoms with Gasteiger partial charge in [-0.3, -0.25) is 4.90 Å². The van der Waals surface area contributed by atoms with Gasteiger partial charge in [0.1, 0.15) is 0 Å². The van der Waals surface area contributed by atoms with Crippen molar-refractivity contribution in [2.75, 3.05) is 7.05 Å². The average molecular weight is 298 g/mol. The van der Waals surface area contributed by atoms with Crippen LogP contribution in [0.15, 0.2) is 34.9 Å². The van der Waals surface area contributed by atoms with Gasteiger partial charge in [-0.15, -0.1) is 0 Å². The molecular weight excluding hydrogens is 276 g/mol. The Kier molecular flexibility index (Phi) is 3.68. The predicted octanol–water partition coefficient (Wildman–Crippen LogP) is 2.45. The molecule has 1 N–H and O–H groups in total. The lowest BCUT2D eigenvalue weighted by Gasteiger charge is -2.34. The van der Waals surface area contributed by atoms with E-state index in [1.807, 2.05) is 30.3 Å². The Morgan fingerprint density at radius 3 is 2.64 bits per heavy atom. The van der Waals surface area contributed by atoms with Crippen LogP contribution in [0.4, 0.5) is 0 Å². The van der Waals surface area contributed by atoms with Crippen LogP contribution in [-0.4, -0.2) is 40.2 Å². The van der Waals surface area contributed by atoms with Crippen molar-refractivity contribution in [1.82, 2.24) is 20.4 Å². The second-order valence-corrected chi connectivity index (χ2v) is 6.56. The fourth-order valence-electron chi connectivity index (χ4n) is 3.76. The molecule has 0 radical (unpaired) electrons. The number of aromatic nitrogens is 2. The van der Waals surface area contributed by atoms with Crippen LogP contribution in [0.3, 0.4) is 0 Å². The summed E-state index contributed by atoms with van der Waals surface area (Å²) in [4.78, 5) is 6.91. The first kappa shape index (κ1) is 13.9. The highest BCUT2D eigenvalue weighted by molar-refractivity contribution is 5.51. The van der Waals surface area contributed by atoms with Gasteiger partial charge in [-0.2, -0.15) is 4.98 Å². The predicted molar refractivity (Wildman–Crippen MR) is 84.2 cm³/mol. The molecule has 2 saturated heterocycles. The van der Waals surface area contributed by atoms with Gasteiger partial charge in [0.05, 0.1) is 6.54 Å². The van der Waals surface area contributed by atoms with Crippen molar-refractivity contribution in [1.29, 1.82) is 0 Å². The van der Waals surface area contributed by atoms with Gasteiger partial charge in [0.25, 0.3) is 5.89 Å². The highest BCUT2D eigenvalue weighted by Gasteiger charge is 2.35. The molecule has 0 aliphatic carbocycles. The fourth-order valence-corrected chi connectivity index (χ4v) is 3.76. The molecule has 3 heterocycles. The van der Waals surface area contributed by atoms with Crippen LogP contribution in [0.2, 0.25) is 0 Å². The second kappa shape index (κ2) is 5.82. The van der Waals surface area contributed by atoms with E-state index in [2.05, 4.69) is 27.4 Å². The number of hydrogen-bond acceptors (Lipinski definition) is 5. The normalized spacial score (nSPS) is 27.5. The van der Waals surface area contributed by atoms with Crippen LogP contribution in [-0.2, 0) is 6.54 Å². The lowest BCUT2D eigenvalue weighted by Crippen LogP contribution is -2.46. The number of piperidine rings is 1. The molecule has 5 nitrogen and oxygen atoms in total. The Labute approximate surface area is 130 Å². The molecule has 5 heteroatoms. The van der Waals surface area contributed by atoms with Crippen molar-refractivity contribution in [3.63, 3.8) is 0 Å². The Morgan fingerprint density at radius 2 is 1.91 bits per heavy atom. The number of fused-ring (bicyclic) bond motifs is 2. The molecule has 0 saturated carbocycles. The fraction of sp³-hybridized carbons (Fsp3) is 0.529. The Balaban J connectivity index is 1.42. The summed E-state index contributed by atoms with van der Waals surface area (Å²) in [6.07, 6.45) is 5.12. The average Bonchev–Trinajstić information content (AvgIpc) is 3.14. The molecule has 116 valence electrons. The lowest BCUT2D eigenvalue weighted by molar-refractivity contribution is 0.161.